The van der Waals surface area contributed by atoms with Crippen molar-refractivity contribution in [3.05, 3.63) is 216 Å². The molecular formula is C68H66N4O. The van der Waals surface area contributed by atoms with Crippen molar-refractivity contribution in [2.24, 2.45) is 0 Å². The second kappa shape index (κ2) is 18.0. The Balaban J connectivity index is 1.03. The fourth-order valence-corrected chi connectivity index (χ4v) is 10.0. The number of para-hydroxylation sites is 3. The van der Waals surface area contributed by atoms with Gasteiger partial charge in [-0.1, -0.05) is 165 Å². The molecule has 0 saturated heterocycles. The molecule has 73 heavy (non-hydrogen) atoms. The van der Waals surface area contributed by atoms with Crippen LogP contribution in [-0.2, 0) is 16.2 Å². The van der Waals surface area contributed by atoms with Crippen molar-refractivity contribution in [3.63, 3.8) is 0 Å². The summed E-state index contributed by atoms with van der Waals surface area (Å²) in [7, 11) is 0. The number of aromatic nitrogens is 2. The summed E-state index contributed by atoms with van der Waals surface area (Å²) < 4.78 is 94.4. The van der Waals surface area contributed by atoms with Gasteiger partial charge in [0.15, 0.2) is 0 Å². The van der Waals surface area contributed by atoms with Gasteiger partial charge < -0.3 is 14.5 Å². The summed E-state index contributed by atoms with van der Waals surface area (Å²) in [5, 5.41) is 0.781. The molecule has 0 N–H and O–H groups in total. The topological polar surface area (TPSA) is 33.5 Å². The second-order valence-electron chi connectivity index (χ2n) is 22.4. The van der Waals surface area contributed by atoms with Gasteiger partial charge in [-0.25, -0.2) is 4.98 Å². The molecule has 1 aliphatic heterocycles. The Kier molecular flexibility index (Phi) is 9.11. The lowest BCUT2D eigenvalue weighted by Crippen LogP contribution is -2.25. The van der Waals surface area contributed by atoms with Gasteiger partial charge in [-0.15, -0.1) is 0 Å². The van der Waals surface area contributed by atoms with Gasteiger partial charge >= 0.3 is 0 Å². The summed E-state index contributed by atoms with van der Waals surface area (Å²) in [6.07, 6.45) is 1.38. The van der Waals surface area contributed by atoms with Gasteiger partial charge in [0.05, 0.1) is 33.6 Å². The first-order chi connectivity index (χ1) is 38.9. The molecule has 0 bridgehead atoms. The number of ether oxygens (including phenoxy) is 1. The molecule has 0 aliphatic carbocycles. The number of aryl methyl sites for hydroxylation is 2. The van der Waals surface area contributed by atoms with Crippen LogP contribution in [0, 0.1) is 13.7 Å². The summed E-state index contributed by atoms with van der Waals surface area (Å²) >= 11 is 0. The Morgan fingerprint density at radius 2 is 1.11 bits per heavy atom. The Bertz CT molecular complexity index is 4150. The van der Waals surface area contributed by atoms with E-state index in [0.717, 1.165) is 61.7 Å². The zero-order chi connectivity index (χ0) is 59.5. The highest BCUT2D eigenvalue weighted by atomic mass is 16.5. The SMILES string of the molecule is [2H]c1c([2H])c([2H])c2c(c1[2H])c1ccc(Oc3cccc(N4CN(c5c(-c6ccc(-c7cc(C(C)(C)C)cc(C(C)(C)C)c7)cc6)cc(C([2H])([2H])[2H])cc5-c5ccc(C(C)(C)C)cc5)c5ccccc54)c3)cc1n2-c1cc(C([2H])([2H])[2H])ccn1. The molecule has 8 aromatic carbocycles. The lowest BCUT2D eigenvalue weighted by atomic mass is 9.79. The van der Waals surface area contributed by atoms with Crippen LogP contribution in [0.15, 0.2) is 188 Å². The van der Waals surface area contributed by atoms with Crippen LogP contribution in [0.4, 0.5) is 22.7 Å². The van der Waals surface area contributed by atoms with Crippen LogP contribution >= 0.6 is 0 Å². The molecule has 5 heteroatoms. The van der Waals surface area contributed by atoms with Gasteiger partial charge in [0.2, 0.25) is 0 Å². The van der Waals surface area contributed by atoms with E-state index in [-0.39, 0.29) is 62.2 Å². The maximum Gasteiger partial charge on any atom is 0.137 e. The van der Waals surface area contributed by atoms with Gasteiger partial charge in [-0.2, -0.15) is 0 Å². The fraction of sp³-hybridized carbons (Fsp3) is 0.221. The number of benzene rings is 8. The molecule has 11 rings (SSSR count). The smallest absolute Gasteiger partial charge is 0.137 e. The molecule has 10 aromatic rings. The fourth-order valence-electron chi connectivity index (χ4n) is 10.0. The van der Waals surface area contributed by atoms with E-state index >= 15 is 0 Å². The second-order valence-corrected chi connectivity index (χ2v) is 22.4. The van der Waals surface area contributed by atoms with Crippen molar-refractivity contribution >= 4 is 44.6 Å². The maximum absolute atomic E-state index is 9.03. The lowest BCUT2D eigenvalue weighted by molar-refractivity contribution is 0.483. The number of pyridine rings is 1. The number of rotatable bonds is 8. The lowest BCUT2D eigenvalue weighted by Gasteiger charge is -2.28. The predicted octanol–water partition coefficient (Wildman–Crippen LogP) is 18.7. The van der Waals surface area contributed by atoms with Crippen molar-refractivity contribution in [1.82, 2.24) is 9.55 Å². The molecule has 0 saturated carbocycles. The van der Waals surface area contributed by atoms with Crippen LogP contribution in [0.3, 0.4) is 0 Å². The molecule has 2 aromatic heterocycles. The zero-order valence-corrected chi connectivity index (χ0v) is 43.0. The average Bonchev–Trinajstić information content (AvgIpc) is 1.99. The number of nitrogens with zero attached hydrogens (tertiary/aromatic N) is 4. The predicted molar refractivity (Wildman–Crippen MR) is 309 cm³/mol. The first-order valence-corrected chi connectivity index (χ1v) is 25.0. The van der Waals surface area contributed by atoms with Crippen LogP contribution in [0.25, 0.3) is 61.0 Å². The number of anilines is 4. The Hall–Kier alpha value is -7.89. The molecule has 0 spiro atoms. The van der Waals surface area contributed by atoms with Crippen molar-refractivity contribution in [2.45, 2.75) is 92.3 Å². The van der Waals surface area contributed by atoms with E-state index in [9.17, 15) is 0 Å². The third-order valence-corrected chi connectivity index (χ3v) is 14.1. The molecule has 1 aliphatic rings. The van der Waals surface area contributed by atoms with E-state index in [2.05, 4.69) is 156 Å². The normalized spacial score (nSPS) is 15.4. The molecule has 0 fully saturated rings. The Morgan fingerprint density at radius 1 is 0.493 bits per heavy atom. The van der Waals surface area contributed by atoms with Gasteiger partial charge in [0.1, 0.15) is 24.0 Å². The molecule has 364 valence electrons. The first-order valence-electron chi connectivity index (χ1n) is 30.0. The minimum atomic E-state index is -2.46. The van der Waals surface area contributed by atoms with E-state index in [1.54, 1.807) is 22.8 Å². The summed E-state index contributed by atoms with van der Waals surface area (Å²) in [5.74, 6) is 1.07. The molecule has 3 heterocycles. The zero-order valence-electron chi connectivity index (χ0n) is 53.0. The van der Waals surface area contributed by atoms with Crippen LogP contribution in [0.1, 0.15) is 104 Å². The van der Waals surface area contributed by atoms with Crippen LogP contribution in [0.2, 0.25) is 0 Å². The van der Waals surface area contributed by atoms with Crippen molar-refractivity contribution in [2.75, 3.05) is 16.5 Å². The van der Waals surface area contributed by atoms with Gasteiger partial charge in [-0.3, -0.25) is 4.57 Å². The van der Waals surface area contributed by atoms with E-state index in [1.165, 1.54) is 29.5 Å². The Labute approximate surface area is 446 Å². The minimum Gasteiger partial charge on any atom is -0.457 e. The average molecular weight is 965 g/mol. The van der Waals surface area contributed by atoms with E-state index < -0.39 is 19.7 Å². The molecule has 0 atom stereocenters. The molecule has 0 amide bonds. The highest BCUT2D eigenvalue weighted by molar-refractivity contribution is 6.09. The van der Waals surface area contributed by atoms with Crippen LogP contribution in [0.5, 0.6) is 11.5 Å². The monoisotopic (exact) mass is 965 g/mol. The molecule has 5 nitrogen and oxygen atoms in total. The summed E-state index contributed by atoms with van der Waals surface area (Å²) in [6.45, 7) is 15.4. The van der Waals surface area contributed by atoms with Gasteiger partial charge in [0.25, 0.3) is 0 Å². The van der Waals surface area contributed by atoms with E-state index in [4.69, 9.17) is 18.4 Å². The van der Waals surface area contributed by atoms with Crippen molar-refractivity contribution in [1.29, 1.82) is 0 Å². The summed E-state index contributed by atoms with van der Waals surface area (Å²) in [4.78, 5) is 9.01. The number of hydrogen-bond donors (Lipinski definition) is 0. The van der Waals surface area contributed by atoms with Gasteiger partial charge in [-0.05, 0) is 147 Å². The molecular weight excluding hydrogens is 889 g/mol. The molecule has 0 unspecified atom stereocenters. The third-order valence-electron chi connectivity index (χ3n) is 14.1. The first kappa shape index (κ1) is 36.9. The summed E-state index contributed by atoms with van der Waals surface area (Å²) in [5.41, 5.74) is 13.3. The highest BCUT2D eigenvalue weighted by Crippen LogP contribution is 2.51. The van der Waals surface area contributed by atoms with E-state index in [1.807, 2.05) is 48.5 Å². The third kappa shape index (κ3) is 9.07. The largest absolute Gasteiger partial charge is 0.457 e. The minimum absolute atomic E-state index is 0.0291. The van der Waals surface area contributed by atoms with Crippen LogP contribution < -0.4 is 14.5 Å². The number of fused-ring (bicyclic) bond motifs is 4. The van der Waals surface area contributed by atoms with Crippen molar-refractivity contribution in [3.8, 4) is 50.7 Å². The van der Waals surface area contributed by atoms with Crippen LogP contribution in [-0.4, -0.2) is 16.2 Å². The maximum atomic E-state index is 9.03. The molecule has 0 radical (unpaired) electrons. The van der Waals surface area contributed by atoms with E-state index in [0.29, 0.717) is 29.1 Å². The highest BCUT2D eigenvalue weighted by Gasteiger charge is 2.32. The Morgan fingerprint density at radius 3 is 1.77 bits per heavy atom. The summed E-state index contributed by atoms with van der Waals surface area (Å²) in [6, 6.07) is 50.2. The standard InChI is InChI=1S/C68H66N4O/c1-44-33-34-69-64(37-44)72-60-20-13-12-19-56(60)57-32-31-55(42-63(57)72)73-54-18-16-17-53(41-54)70-43-71(62-22-15-14-21-61(62)70)65-58(35-45(2)36-59(65)48-27-29-50(30-28-48)66(3,4)5)47-25-23-46(24-26-47)49-38-51(67(6,7)8)40-52(39-49)68(9,10)11/h12-42H,43H2,1-11H3/i1D3,2D3,12D,13D,19D,20D. The quantitative estimate of drug-likeness (QED) is 0.152. The number of hydrogen-bond acceptors (Lipinski definition) is 4. The van der Waals surface area contributed by atoms with Gasteiger partial charge in [0, 0.05) is 54.1 Å². The van der Waals surface area contributed by atoms with Crippen molar-refractivity contribution < 1.29 is 18.4 Å².